The lowest BCUT2D eigenvalue weighted by atomic mass is 9.95. The van der Waals surface area contributed by atoms with Gasteiger partial charge in [-0.25, -0.2) is 0 Å². The van der Waals surface area contributed by atoms with Crippen LogP contribution < -0.4 is 0 Å². The summed E-state index contributed by atoms with van der Waals surface area (Å²) < 4.78 is 5.07. The summed E-state index contributed by atoms with van der Waals surface area (Å²) in [5.74, 6) is 0. The molecule has 0 amide bonds. The normalized spacial score (nSPS) is 16.5. The van der Waals surface area contributed by atoms with Gasteiger partial charge in [0.2, 0.25) is 0 Å². The van der Waals surface area contributed by atoms with Crippen LogP contribution in [0.1, 0.15) is 86.7 Å². The maximum absolute atomic E-state index is 2.66. The van der Waals surface area contributed by atoms with Crippen LogP contribution in [0.25, 0.3) is 78.0 Å². The molecule has 0 saturated carbocycles. The number of benzene rings is 6. The fraction of sp³-hybridized carbons (Fsp3) is 0.259. The minimum Gasteiger partial charge on any atom is -0.340 e. The quantitative estimate of drug-likeness (QED) is 0.123. The summed E-state index contributed by atoms with van der Waals surface area (Å²) in [7, 11) is -2.04. The van der Waals surface area contributed by atoms with Gasteiger partial charge in [0.1, 0.15) is 0 Å². The van der Waals surface area contributed by atoms with E-state index in [4.69, 9.17) is 0 Å². The first-order valence-corrected chi connectivity index (χ1v) is 24.6. The van der Waals surface area contributed by atoms with E-state index < -0.39 is 8.07 Å². The number of hydrogen-bond acceptors (Lipinski definition) is 0. The van der Waals surface area contributed by atoms with Crippen molar-refractivity contribution < 1.29 is 0 Å². The van der Waals surface area contributed by atoms with Gasteiger partial charge in [-0.3, -0.25) is 0 Å². The average Bonchev–Trinajstić information content (AvgIpc) is 3.95. The van der Waals surface area contributed by atoms with Gasteiger partial charge < -0.3 is 9.13 Å². The molecule has 2 atom stereocenters. The highest BCUT2D eigenvalue weighted by Gasteiger charge is 2.47. The van der Waals surface area contributed by atoms with Crippen molar-refractivity contribution in [3.63, 3.8) is 0 Å². The SMILES string of the molecule is CCCCn1c2ccccc2c2cc(-c3cccc4c3C=C(C)C4[Si](C)(C)C3C(C)=Cc4c(-c5ccc6c(c5)c5ccccc5n6CCCC)cccc43)ccc21. The van der Waals surface area contributed by atoms with Crippen LogP contribution in [0.4, 0.5) is 0 Å². The first-order valence-electron chi connectivity index (χ1n) is 21.4. The van der Waals surface area contributed by atoms with E-state index in [0.29, 0.717) is 11.1 Å². The minimum atomic E-state index is -2.04. The van der Waals surface area contributed by atoms with Gasteiger partial charge in [0.15, 0.2) is 0 Å². The van der Waals surface area contributed by atoms with Crippen molar-refractivity contribution in [1.29, 1.82) is 0 Å². The molecule has 2 aromatic heterocycles. The Balaban J connectivity index is 1.03. The molecule has 0 bridgehead atoms. The van der Waals surface area contributed by atoms with Crippen molar-refractivity contribution in [1.82, 2.24) is 9.13 Å². The van der Waals surface area contributed by atoms with Gasteiger partial charge in [0, 0.05) is 67.8 Å². The van der Waals surface area contributed by atoms with E-state index in [1.165, 1.54) is 125 Å². The Morgan fingerprint density at radius 3 is 1.33 bits per heavy atom. The Kier molecular flexibility index (Phi) is 8.79. The molecule has 0 fully saturated rings. The van der Waals surface area contributed by atoms with Gasteiger partial charge >= 0.3 is 0 Å². The predicted octanol–water partition coefficient (Wildman–Crippen LogP) is 15.3. The molecule has 2 nitrogen and oxygen atoms in total. The molecule has 0 saturated heterocycles. The Morgan fingerprint density at radius 1 is 0.474 bits per heavy atom. The summed E-state index contributed by atoms with van der Waals surface area (Å²) in [6.07, 6.45) is 9.84. The smallest absolute Gasteiger partial charge is 0.0722 e. The van der Waals surface area contributed by atoms with Gasteiger partial charge in [-0.05, 0) is 108 Å². The molecule has 6 aromatic carbocycles. The Morgan fingerprint density at radius 2 is 0.895 bits per heavy atom. The second-order valence-corrected chi connectivity index (χ2v) is 22.4. The summed E-state index contributed by atoms with van der Waals surface area (Å²) in [5, 5.41) is 5.44. The molecule has 2 heterocycles. The molecular formula is C54H54N2Si. The van der Waals surface area contributed by atoms with Crippen molar-refractivity contribution in [2.45, 2.75) is 90.6 Å². The maximum atomic E-state index is 2.66. The zero-order chi connectivity index (χ0) is 39.0. The molecule has 0 spiro atoms. The third-order valence-corrected chi connectivity index (χ3v) is 18.2. The molecule has 3 heteroatoms. The zero-order valence-electron chi connectivity index (χ0n) is 34.5. The van der Waals surface area contributed by atoms with Gasteiger partial charge in [0.05, 0.1) is 8.07 Å². The topological polar surface area (TPSA) is 9.86 Å². The van der Waals surface area contributed by atoms with Crippen LogP contribution >= 0.6 is 0 Å². The monoisotopic (exact) mass is 758 g/mol. The summed E-state index contributed by atoms with van der Waals surface area (Å²) in [6, 6.07) is 46.6. The molecule has 2 aliphatic carbocycles. The Labute approximate surface area is 339 Å². The van der Waals surface area contributed by atoms with E-state index in [1.807, 2.05) is 0 Å². The molecular weight excluding hydrogens is 705 g/mol. The molecule has 2 aliphatic rings. The van der Waals surface area contributed by atoms with E-state index in [-0.39, 0.29) is 0 Å². The first kappa shape index (κ1) is 36.0. The summed E-state index contributed by atoms with van der Waals surface area (Å²) >= 11 is 0. The number of aromatic nitrogens is 2. The third-order valence-electron chi connectivity index (χ3n) is 13.7. The second kappa shape index (κ2) is 13.9. The highest BCUT2D eigenvalue weighted by atomic mass is 28.3. The van der Waals surface area contributed by atoms with E-state index in [1.54, 1.807) is 0 Å². The van der Waals surface area contributed by atoms with Gasteiger partial charge in [-0.15, -0.1) is 0 Å². The average molecular weight is 759 g/mol. The highest BCUT2D eigenvalue weighted by Crippen LogP contribution is 2.54. The number of para-hydroxylation sites is 2. The van der Waals surface area contributed by atoms with Crippen LogP contribution in [0, 0.1) is 0 Å². The molecule has 2 unspecified atom stereocenters. The second-order valence-electron chi connectivity index (χ2n) is 17.6. The predicted molar refractivity (Wildman–Crippen MR) is 250 cm³/mol. The van der Waals surface area contributed by atoms with Crippen molar-refractivity contribution in [3.05, 3.63) is 155 Å². The maximum Gasteiger partial charge on any atom is 0.0722 e. The lowest BCUT2D eigenvalue weighted by molar-refractivity contribution is 0.665. The first-order chi connectivity index (χ1) is 27.8. The number of fused-ring (bicyclic) bond motifs is 8. The molecule has 8 aromatic rings. The van der Waals surface area contributed by atoms with Crippen molar-refractivity contribution in [2.75, 3.05) is 0 Å². The molecule has 0 N–H and O–H groups in total. The van der Waals surface area contributed by atoms with Crippen LogP contribution in [-0.4, -0.2) is 17.2 Å². The number of hydrogen-bond donors (Lipinski definition) is 0. The Hall–Kier alpha value is -5.38. The van der Waals surface area contributed by atoms with E-state index in [0.717, 1.165) is 13.1 Å². The summed E-state index contributed by atoms with van der Waals surface area (Å²) in [4.78, 5) is 0. The van der Waals surface area contributed by atoms with Crippen molar-refractivity contribution in [3.8, 4) is 22.3 Å². The number of aryl methyl sites for hydroxylation is 2. The number of rotatable bonds is 10. The van der Waals surface area contributed by atoms with Crippen LogP contribution in [0.15, 0.2) is 132 Å². The lowest BCUT2D eigenvalue weighted by Crippen LogP contribution is -2.42. The van der Waals surface area contributed by atoms with E-state index in [2.05, 4.69) is 183 Å². The summed E-state index contributed by atoms with van der Waals surface area (Å²) in [6.45, 7) is 16.8. The highest BCUT2D eigenvalue weighted by molar-refractivity contribution is 6.81. The van der Waals surface area contributed by atoms with Crippen molar-refractivity contribution >= 4 is 63.8 Å². The number of allylic oxidation sites excluding steroid dienone is 2. The fourth-order valence-electron chi connectivity index (χ4n) is 11.3. The van der Waals surface area contributed by atoms with Crippen LogP contribution in [0.2, 0.25) is 13.1 Å². The number of nitrogens with zero attached hydrogens (tertiary/aromatic N) is 2. The van der Waals surface area contributed by atoms with E-state index in [9.17, 15) is 0 Å². The van der Waals surface area contributed by atoms with Gasteiger partial charge in [0.25, 0.3) is 0 Å². The lowest BCUT2D eigenvalue weighted by Gasteiger charge is -2.39. The van der Waals surface area contributed by atoms with Gasteiger partial charge in [-0.1, -0.05) is 148 Å². The van der Waals surface area contributed by atoms with Gasteiger partial charge in [-0.2, -0.15) is 0 Å². The van der Waals surface area contributed by atoms with E-state index >= 15 is 0 Å². The Bertz CT molecular complexity index is 2750. The molecule has 10 rings (SSSR count). The van der Waals surface area contributed by atoms with Crippen LogP contribution in [-0.2, 0) is 13.1 Å². The minimum absolute atomic E-state index is 0.445. The molecule has 284 valence electrons. The zero-order valence-corrected chi connectivity index (χ0v) is 35.5. The molecule has 0 radical (unpaired) electrons. The van der Waals surface area contributed by atoms with Crippen molar-refractivity contribution in [2.24, 2.45) is 0 Å². The molecule has 0 aliphatic heterocycles. The third kappa shape index (κ3) is 5.57. The fourth-order valence-corrected chi connectivity index (χ4v) is 16.3. The summed E-state index contributed by atoms with van der Waals surface area (Å²) in [5.41, 5.74) is 20.6. The van der Waals surface area contributed by atoms with Crippen LogP contribution in [0.3, 0.4) is 0 Å². The molecule has 57 heavy (non-hydrogen) atoms. The standard InChI is InChI=1S/C54H54N2Si/c1-7-9-29-55-49-23-13-11-17-41(49)47-33-37(25-27-51(47)55)39-19-15-21-43-45(39)31-35(3)53(43)57(5,6)54-36(4)32-46-40(20-16-22-44(46)54)38-26-28-52-48(34-38)42-18-12-14-24-50(42)56(52)30-10-8-2/h11-28,31-34,53-54H,7-10,29-30H2,1-6H3. The van der Waals surface area contributed by atoms with Crippen LogP contribution in [0.5, 0.6) is 0 Å². The largest absolute Gasteiger partial charge is 0.340 e. The number of unbranched alkanes of at least 4 members (excludes halogenated alkanes) is 2.